The first-order chi connectivity index (χ1) is 11.8. The van der Waals surface area contributed by atoms with Crippen LogP contribution in [0.2, 0.25) is 0 Å². The largest absolute Gasteiger partial charge is 0.297 e. The van der Waals surface area contributed by atoms with Gasteiger partial charge in [0, 0.05) is 31.6 Å². The van der Waals surface area contributed by atoms with Gasteiger partial charge in [0.1, 0.15) is 0 Å². The topological polar surface area (TPSA) is 68.8 Å². The van der Waals surface area contributed by atoms with E-state index in [-0.39, 0.29) is 11.0 Å². The molecule has 0 N–H and O–H groups in total. The highest BCUT2D eigenvalue weighted by Gasteiger charge is 2.22. The van der Waals surface area contributed by atoms with E-state index in [1.807, 2.05) is 19.3 Å². The van der Waals surface area contributed by atoms with Crippen LogP contribution in [0.1, 0.15) is 45.0 Å². The molecule has 2 aromatic heterocycles. The molecular formula is C18H28N6O. The molecule has 1 aliphatic heterocycles. The lowest BCUT2D eigenvalue weighted by Crippen LogP contribution is -2.37. The Balaban J connectivity index is 1.58. The highest BCUT2D eigenvalue weighted by atomic mass is 16.1. The average Bonchev–Trinajstić information content (AvgIpc) is 2.95. The highest BCUT2D eigenvalue weighted by Crippen LogP contribution is 2.21. The Morgan fingerprint density at radius 2 is 1.88 bits per heavy atom. The van der Waals surface area contributed by atoms with Gasteiger partial charge in [-0.3, -0.25) is 9.69 Å². The van der Waals surface area contributed by atoms with Crippen molar-refractivity contribution in [2.45, 2.75) is 52.1 Å². The first-order valence-corrected chi connectivity index (χ1v) is 8.97. The zero-order chi connectivity index (χ0) is 18.0. The summed E-state index contributed by atoms with van der Waals surface area (Å²) in [5.41, 5.74) is 1.93. The van der Waals surface area contributed by atoms with Crippen molar-refractivity contribution in [1.82, 2.24) is 29.7 Å². The summed E-state index contributed by atoms with van der Waals surface area (Å²) in [4.78, 5) is 16.2. The molecule has 0 bridgehead atoms. The molecule has 0 spiro atoms. The summed E-state index contributed by atoms with van der Waals surface area (Å²) in [5.74, 6) is 0.499. The van der Waals surface area contributed by atoms with Gasteiger partial charge in [0.05, 0.1) is 17.6 Å². The molecule has 1 fully saturated rings. The van der Waals surface area contributed by atoms with Crippen LogP contribution in [0.25, 0.3) is 0 Å². The van der Waals surface area contributed by atoms with Crippen LogP contribution in [0, 0.1) is 5.92 Å². The third-order valence-electron chi connectivity index (χ3n) is 4.81. The molecule has 0 saturated carbocycles. The Bertz CT molecular complexity index is 764. The Morgan fingerprint density at radius 3 is 2.48 bits per heavy atom. The van der Waals surface area contributed by atoms with Crippen LogP contribution in [0.15, 0.2) is 23.1 Å². The van der Waals surface area contributed by atoms with Crippen LogP contribution in [-0.4, -0.2) is 42.8 Å². The molecule has 3 rings (SSSR count). The minimum Gasteiger partial charge on any atom is -0.297 e. The Labute approximate surface area is 148 Å². The van der Waals surface area contributed by atoms with Crippen molar-refractivity contribution < 1.29 is 0 Å². The normalized spacial score (nSPS) is 17.1. The van der Waals surface area contributed by atoms with E-state index in [0.717, 1.165) is 43.9 Å². The second-order valence-corrected chi connectivity index (χ2v) is 8.03. The number of hydrogen-bond donors (Lipinski definition) is 0. The zero-order valence-electron chi connectivity index (χ0n) is 15.6. The van der Waals surface area contributed by atoms with Crippen molar-refractivity contribution in [1.29, 1.82) is 0 Å². The number of aryl methyl sites for hydroxylation is 1. The lowest BCUT2D eigenvalue weighted by Gasteiger charge is -2.31. The zero-order valence-corrected chi connectivity index (χ0v) is 15.6. The fraction of sp³-hybridized carbons (Fsp3) is 0.667. The second-order valence-electron chi connectivity index (χ2n) is 8.03. The monoisotopic (exact) mass is 344 g/mol. The van der Waals surface area contributed by atoms with Gasteiger partial charge in [-0.15, -0.1) is 0 Å². The lowest BCUT2D eigenvalue weighted by atomic mass is 9.92. The number of piperidine rings is 1. The van der Waals surface area contributed by atoms with E-state index >= 15 is 0 Å². The van der Waals surface area contributed by atoms with Crippen molar-refractivity contribution in [2.75, 3.05) is 13.1 Å². The quantitative estimate of drug-likeness (QED) is 0.842. The van der Waals surface area contributed by atoms with Crippen LogP contribution in [-0.2, 0) is 25.6 Å². The van der Waals surface area contributed by atoms with Crippen LogP contribution in [0.4, 0.5) is 0 Å². The van der Waals surface area contributed by atoms with Crippen LogP contribution in [0.5, 0.6) is 0 Å². The maximum atomic E-state index is 12.2. The number of likely N-dealkylation sites (tertiary alicyclic amines) is 1. The summed E-state index contributed by atoms with van der Waals surface area (Å²) < 4.78 is 1.66. The van der Waals surface area contributed by atoms with Crippen molar-refractivity contribution in [3.05, 3.63) is 40.1 Å². The predicted octanol–water partition coefficient (Wildman–Crippen LogP) is 1.58. The third-order valence-corrected chi connectivity index (χ3v) is 4.81. The first kappa shape index (κ1) is 17.8. The molecule has 0 aliphatic carbocycles. The Hall–Kier alpha value is -2.02. The molecule has 0 atom stereocenters. The highest BCUT2D eigenvalue weighted by molar-refractivity contribution is 5.10. The van der Waals surface area contributed by atoms with Gasteiger partial charge in [0.25, 0.3) is 5.56 Å². The number of nitrogens with zero attached hydrogens (tertiary/aromatic N) is 6. The molecule has 0 amide bonds. The lowest BCUT2D eigenvalue weighted by molar-refractivity contribution is 0.161. The molecule has 0 unspecified atom stereocenters. The van der Waals surface area contributed by atoms with E-state index in [2.05, 4.69) is 41.0 Å². The van der Waals surface area contributed by atoms with E-state index in [0.29, 0.717) is 12.5 Å². The van der Waals surface area contributed by atoms with Crippen molar-refractivity contribution in [3.8, 4) is 0 Å². The summed E-state index contributed by atoms with van der Waals surface area (Å²) in [7, 11) is 1.84. The van der Waals surface area contributed by atoms with E-state index in [1.165, 1.54) is 0 Å². The van der Waals surface area contributed by atoms with Gasteiger partial charge >= 0.3 is 0 Å². The Kier molecular flexibility index (Phi) is 5.03. The standard InChI is InChI=1S/C18H28N6O/c1-18(2,3)16-5-6-17(25)24(21-16)12-14-7-9-23(10-8-14)13-15-11-19-22(4)20-15/h5-6,11,14H,7-10,12-13H2,1-4H3. The molecule has 0 aromatic carbocycles. The fourth-order valence-electron chi connectivity index (χ4n) is 3.24. The summed E-state index contributed by atoms with van der Waals surface area (Å²) >= 11 is 0. The maximum absolute atomic E-state index is 12.2. The van der Waals surface area contributed by atoms with Gasteiger partial charge in [-0.1, -0.05) is 20.8 Å². The van der Waals surface area contributed by atoms with E-state index < -0.39 is 0 Å². The minimum atomic E-state index is -0.0461. The van der Waals surface area contributed by atoms with Gasteiger partial charge < -0.3 is 0 Å². The number of hydrogen-bond acceptors (Lipinski definition) is 5. The molecule has 7 nitrogen and oxygen atoms in total. The van der Waals surface area contributed by atoms with Crippen LogP contribution in [0.3, 0.4) is 0 Å². The van der Waals surface area contributed by atoms with Gasteiger partial charge in [0.15, 0.2) is 0 Å². The van der Waals surface area contributed by atoms with Gasteiger partial charge in [-0.05, 0) is 37.9 Å². The molecule has 0 radical (unpaired) electrons. The van der Waals surface area contributed by atoms with Crippen molar-refractivity contribution >= 4 is 0 Å². The molecule has 2 aromatic rings. The van der Waals surface area contributed by atoms with Crippen LogP contribution < -0.4 is 5.56 Å². The van der Waals surface area contributed by atoms with Gasteiger partial charge in [0.2, 0.25) is 0 Å². The van der Waals surface area contributed by atoms with Crippen molar-refractivity contribution in [2.24, 2.45) is 13.0 Å². The van der Waals surface area contributed by atoms with E-state index in [4.69, 9.17) is 0 Å². The molecule has 136 valence electrons. The molecule has 1 saturated heterocycles. The van der Waals surface area contributed by atoms with E-state index in [9.17, 15) is 4.79 Å². The number of rotatable bonds is 4. The second kappa shape index (κ2) is 7.07. The molecule has 25 heavy (non-hydrogen) atoms. The minimum absolute atomic E-state index is 0.00464. The Morgan fingerprint density at radius 1 is 1.16 bits per heavy atom. The van der Waals surface area contributed by atoms with E-state index in [1.54, 1.807) is 15.5 Å². The van der Waals surface area contributed by atoms with Gasteiger partial charge in [-0.25, -0.2) is 4.68 Å². The maximum Gasteiger partial charge on any atom is 0.266 e. The third kappa shape index (κ3) is 4.54. The summed E-state index contributed by atoms with van der Waals surface area (Å²) in [5, 5.41) is 13.1. The number of aromatic nitrogens is 5. The predicted molar refractivity (Wildman–Crippen MR) is 96.2 cm³/mol. The SMILES string of the molecule is Cn1ncc(CN2CCC(Cn3nc(C(C)(C)C)ccc3=O)CC2)n1. The smallest absolute Gasteiger partial charge is 0.266 e. The molecule has 3 heterocycles. The fourth-order valence-corrected chi connectivity index (χ4v) is 3.24. The van der Waals surface area contributed by atoms with Gasteiger partial charge in [-0.2, -0.15) is 20.1 Å². The summed E-state index contributed by atoms with van der Waals surface area (Å²) in [6.45, 7) is 9.96. The first-order valence-electron chi connectivity index (χ1n) is 8.97. The molecule has 7 heteroatoms. The summed E-state index contributed by atoms with van der Waals surface area (Å²) in [6.07, 6.45) is 3.98. The molecular weight excluding hydrogens is 316 g/mol. The summed E-state index contributed by atoms with van der Waals surface area (Å²) in [6, 6.07) is 3.50. The average molecular weight is 344 g/mol. The van der Waals surface area contributed by atoms with Crippen LogP contribution >= 0.6 is 0 Å². The van der Waals surface area contributed by atoms with Crippen molar-refractivity contribution in [3.63, 3.8) is 0 Å². The molecule has 1 aliphatic rings.